The summed E-state index contributed by atoms with van der Waals surface area (Å²) in [5.74, 6) is -1.04. The Morgan fingerprint density at radius 2 is 2.10 bits per heavy atom. The van der Waals surface area contributed by atoms with E-state index in [2.05, 4.69) is 32.2 Å². The van der Waals surface area contributed by atoms with Gasteiger partial charge in [-0.3, -0.25) is 4.79 Å². The quantitative estimate of drug-likeness (QED) is 0.475. The van der Waals surface area contributed by atoms with Gasteiger partial charge in [0.25, 0.3) is 0 Å². The molecule has 3 heterocycles. The van der Waals surface area contributed by atoms with Gasteiger partial charge in [0.05, 0.1) is 11.2 Å². The van der Waals surface area contributed by atoms with Gasteiger partial charge >= 0.3 is 0 Å². The first-order valence-corrected chi connectivity index (χ1v) is 9.54. The molecule has 1 amide bonds. The van der Waals surface area contributed by atoms with Crippen LogP contribution in [0.2, 0.25) is 5.02 Å². The zero-order valence-corrected chi connectivity index (χ0v) is 16.5. The molecule has 2 N–H and O–H groups in total. The Morgan fingerprint density at radius 3 is 2.90 bits per heavy atom. The van der Waals surface area contributed by atoms with Crippen LogP contribution in [0.25, 0.3) is 11.0 Å². The molecule has 1 aliphatic rings. The number of hydrogen-bond acceptors (Lipinski definition) is 6. The molecule has 0 spiro atoms. The fourth-order valence-corrected chi connectivity index (χ4v) is 3.46. The molecule has 0 bridgehead atoms. The molecule has 1 aliphatic heterocycles. The van der Waals surface area contributed by atoms with Crippen LogP contribution < -0.4 is 15.5 Å². The van der Waals surface area contributed by atoms with Crippen molar-refractivity contribution in [1.82, 2.24) is 20.3 Å². The van der Waals surface area contributed by atoms with Gasteiger partial charge in [0.2, 0.25) is 5.91 Å². The normalized spacial score (nSPS) is 16.0. The van der Waals surface area contributed by atoms with Crippen molar-refractivity contribution >= 4 is 45.9 Å². The van der Waals surface area contributed by atoms with Gasteiger partial charge < -0.3 is 15.5 Å². The van der Waals surface area contributed by atoms with Crippen molar-refractivity contribution in [1.29, 1.82) is 0 Å². The van der Waals surface area contributed by atoms with Crippen LogP contribution in [-0.2, 0) is 4.79 Å². The SMILES string of the molecule is C=CC(=O)NC1CCN(c2ccc3ncnc(Nc4ccc(F)c(Cl)c4F)c3n2)C1. The van der Waals surface area contributed by atoms with E-state index in [1.165, 1.54) is 18.5 Å². The minimum Gasteiger partial charge on any atom is -0.354 e. The van der Waals surface area contributed by atoms with Crippen molar-refractivity contribution in [2.75, 3.05) is 23.3 Å². The summed E-state index contributed by atoms with van der Waals surface area (Å²) in [4.78, 5) is 26.5. The molecule has 3 aromatic rings. The van der Waals surface area contributed by atoms with E-state index >= 15 is 0 Å². The number of hydrogen-bond donors (Lipinski definition) is 2. The van der Waals surface area contributed by atoms with E-state index in [4.69, 9.17) is 11.6 Å². The summed E-state index contributed by atoms with van der Waals surface area (Å²) < 4.78 is 27.7. The minimum absolute atomic E-state index is 0.00642. The smallest absolute Gasteiger partial charge is 0.243 e. The Balaban J connectivity index is 1.63. The second-order valence-corrected chi connectivity index (χ2v) is 7.13. The maximum atomic E-state index is 14.3. The molecule has 1 saturated heterocycles. The van der Waals surface area contributed by atoms with Crippen molar-refractivity contribution < 1.29 is 13.6 Å². The highest BCUT2D eigenvalue weighted by Crippen LogP contribution is 2.30. The van der Waals surface area contributed by atoms with Gasteiger partial charge in [0.1, 0.15) is 28.5 Å². The van der Waals surface area contributed by atoms with Crippen LogP contribution in [-0.4, -0.2) is 40.0 Å². The first-order valence-electron chi connectivity index (χ1n) is 9.16. The number of pyridine rings is 1. The summed E-state index contributed by atoms with van der Waals surface area (Å²) in [7, 11) is 0. The van der Waals surface area contributed by atoms with E-state index in [9.17, 15) is 13.6 Å². The number of amides is 1. The maximum Gasteiger partial charge on any atom is 0.243 e. The number of rotatable bonds is 5. The number of anilines is 3. The van der Waals surface area contributed by atoms with E-state index < -0.39 is 16.7 Å². The zero-order valence-electron chi connectivity index (χ0n) is 15.7. The van der Waals surface area contributed by atoms with E-state index in [-0.39, 0.29) is 23.5 Å². The van der Waals surface area contributed by atoms with Crippen LogP contribution in [0.5, 0.6) is 0 Å². The predicted molar refractivity (Wildman–Crippen MR) is 111 cm³/mol. The Kier molecular flexibility index (Phi) is 5.45. The monoisotopic (exact) mass is 430 g/mol. The highest BCUT2D eigenvalue weighted by molar-refractivity contribution is 6.31. The summed E-state index contributed by atoms with van der Waals surface area (Å²) in [6.45, 7) is 4.76. The Morgan fingerprint density at radius 1 is 1.27 bits per heavy atom. The van der Waals surface area contributed by atoms with Gasteiger partial charge in [0, 0.05) is 19.1 Å². The molecule has 0 radical (unpaired) electrons. The lowest BCUT2D eigenvalue weighted by molar-refractivity contribution is -0.117. The molecule has 0 saturated carbocycles. The third-order valence-corrected chi connectivity index (χ3v) is 5.15. The Hall–Kier alpha value is -3.33. The standard InChI is InChI=1S/C20H17ClF2N6O/c1-2-16(30)26-11-7-8-29(9-11)15-6-5-14-19(28-15)20(25-10-24-14)27-13-4-3-12(22)17(21)18(13)23/h2-6,10-11H,1,7-9H2,(H,26,30)(H,24,25,27). The fraction of sp³-hybridized carbons (Fsp3) is 0.200. The topological polar surface area (TPSA) is 83.0 Å². The molecule has 7 nitrogen and oxygen atoms in total. The highest BCUT2D eigenvalue weighted by Gasteiger charge is 2.25. The van der Waals surface area contributed by atoms with Crippen LogP contribution in [0.1, 0.15) is 6.42 Å². The molecule has 1 atom stereocenters. The summed E-state index contributed by atoms with van der Waals surface area (Å²) in [5.41, 5.74) is 0.955. The molecule has 10 heteroatoms. The number of benzene rings is 1. The number of carbonyl (C=O) groups excluding carboxylic acids is 1. The summed E-state index contributed by atoms with van der Waals surface area (Å²) >= 11 is 5.66. The van der Waals surface area contributed by atoms with E-state index in [1.54, 1.807) is 6.07 Å². The number of aromatic nitrogens is 3. The largest absolute Gasteiger partial charge is 0.354 e. The average molecular weight is 431 g/mol. The van der Waals surface area contributed by atoms with Crippen molar-refractivity contribution in [3.05, 3.63) is 59.9 Å². The lowest BCUT2D eigenvalue weighted by Gasteiger charge is -2.18. The Labute approximate surface area is 175 Å². The van der Waals surface area contributed by atoms with Gasteiger partial charge in [-0.1, -0.05) is 18.2 Å². The third kappa shape index (κ3) is 3.88. The third-order valence-electron chi connectivity index (χ3n) is 4.80. The molecular formula is C20H17ClF2N6O. The van der Waals surface area contributed by atoms with Gasteiger partial charge in [-0.05, 0) is 36.8 Å². The molecule has 2 aromatic heterocycles. The first kappa shape index (κ1) is 20.0. The second-order valence-electron chi connectivity index (χ2n) is 6.75. The molecule has 1 aromatic carbocycles. The van der Waals surface area contributed by atoms with Gasteiger partial charge in [-0.2, -0.15) is 0 Å². The fourth-order valence-electron chi connectivity index (χ4n) is 3.29. The predicted octanol–water partition coefficient (Wildman–Crippen LogP) is 3.58. The summed E-state index contributed by atoms with van der Waals surface area (Å²) in [6.07, 6.45) is 3.34. The van der Waals surface area contributed by atoms with E-state index in [0.717, 1.165) is 12.5 Å². The highest BCUT2D eigenvalue weighted by atomic mass is 35.5. The Bertz CT molecular complexity index is 1140. The minimum atomic E-state index is -0.917. The van der Waals surface area contributed by atoms with Crippen LogP contribution >= 0.6 is 11.6 Å². The van der Waals surface area contributed by atoms with Crippen LogP contribution in [0.3, 0.4) is 0 Å². The number of halogens is 3. The van der Waals surface area contributed by atoms with Crippen molar-refractivity contribution in [2.45, 2.75) is 12.5 Å². The van der Waals surface area contributed by atoms with E-state index in [1.807, 2.05) is 11.0 Å². The molecule has 0 aliphatic carbocycles. The molecule has 30 heavy (non-hydrogen) atoms. The number of carbonyl (C=O) groups is 1. The van der Waals surface area contributed by atoms with Gasteiger partial charge in [0.15, 0.2) is 11.6 Å². The second kappa shape index (κ2) is 8.19. The zero-order chi connectivity index (χ0) is 21.3. The number of nitrogens with zero attached hydrogens (tertiary/aromatic N) is 4. The maximum absolute atomic E-state index is 14.3. The van der Waals surface area contributed by atoms with Crippen molar-refractivity contribution in [3.63, 3.8) is 0 Å². The summed E-state index contributed by atoms with van der Waals surface area (Å²) in [6, 6.07) is 5.91. The van der Waals surface area contributed by atoms with Crippen LogP contribution in [0.15, 0.2) is 43.2 Å². The number of nitrogens with one attached hydrogen (secondary N) is 2. The van der Waals surface area contributed by atoms with E-state index in [0.29, 0.717) is 29.9 Å². The van der Waals surface area contributed by atoms with Crippen molar-refractivity contribution in [2.24, 2.45) is 0 Å². The van der Waals surface area contributed by atoms with Gasteiger partial charge in [-0.15, -0.1) is 0 Å². The summed E-state index contributed by atoms with van der Waals surface area (Å²) in [5, 5.41) is 5.09. The average Bonchev–Trinajstić information content (AvgIpc) is 3.22. The lowest BCUT2D eigenvalue weighted by Crippen LogP contribution is -2.36. The molecule has 1 fully saturated rings. The molecule has 154 valence electrons. The molecule has 4 rings (SSSR count). The van der Waals surface area contributed by atoms with Crippen LogP contribution in [0.4, 0.5) is 26.1 Å². The van der Waals surface area contributed by atoms with Crippen LogP contribution in [0, 0.1) is 11.6 Å². The first-order chi connectivity index (χ1) is 14.5. The lowest BCUT2D eigenvalue weighted by atomic mass is 10.2. The molecule has 1 unspecified atom stereocenters. The molecular weight excluding hydrogens is 414 g/mol. The van der Waals surface area contributed by atoms with Gasteiger partial charge in [-0.25, -0.2) is 23.7 Å². The number of fused-ring (bicyclic) bond motifs is 1. The van der Waals surface area contributed by atoms with Crippen molar-refractivity contribution in [3.8, 4) is 0 Å².